The third-order valence-corrected chi connectivity index (χ3v) is 5.91. The quantitative estimate of drug-likeness (QED) is 0.381. The van der Waals surface area contributed by atoms with Crippen molar-refractivity contribution in [2.45, 2.75) is 26.3 Å². The van der Waals surface area contributed by atoms with E-state index >= 15 is 0 Å². The predicted octanol–water partition coefficient (Wildman–Crippen LogP) is 4.42. The van der Waals surface area contributed by atoms with Gasteiger partial charge in [0.2, 0.25) is 11.8 Å². The van der Waals surface area contributed by atoms with Crippen molar-refractivity contribution in [3.05, 3.63) is 45.1 Å². The van der Waals surface area contributed by atoms with Crippen molar-refractivity contribution in [3.63, 3.8) is 0 Å². The summed E-state index contributed by atoms with van der Waals surface area (Å²) in [6.45, 7) is 2.64. The van der Waals surface area contributed by atoms with Crippen LogP contribution in [-0.2, 0) is 27.3 Å². The standard InChI is InChI=1S/C22H22Br2N4O5/c1-4-28-17-9-13(5-6-16(17)26-18(28)10-20(30)27(2)3)33-22-14(23)7-12(8-15(22)24)25-19(29)11-21(31)32/h5-9H,4,10-11H2,1-3H3,(H,25,29)(H,31,32). The Labute approximate surface area is 207 Å². The monoisotopic (exact) mass is 580 g/mol. The number of aromatic nitrogens is 2. The lowest BCUT2D eigenvalue weighted by Crippen LogP contribution is -2.25. The Bertz CT molecular complexity index is 1220. The number of likely N-dealkylation sites (N-methyl/N-ethyl adjacent to an activating group) is 1. The molecule has 1 aromatic heterocycles. The van der Waals surface area contributed by atoms with Crippen molar-refractivity contribution in [2.24, 2.45) is 0 Å². The molecule has 2 amide bonds. The van der Waals surface area contributed by atoms with Gasteiger partial charge in [0.25, 0.3) is 0 Å². The number of aryl methyl sites for hydroxylation is 1. The van der Waals surface area contributed by atoms with Gasteiger partial charge < -0.3 is 24.6 Å². The number of aliphatic carboxylic acids is 1. The van der Waals surface area contributed by atoms with Gasteiger partial charge in [0, 0.05) is 32.4 Å². The van der Waals surface area contributed by atoms with E-state index in [1.807, 2.05) is 23.6 Å². The van der Waals surface area contributed by atoms with E-state index in [0.717, 1.165) is 11.0 Å². The predicted molar refractivity (Wildman–Crippen MR) is 131 cm³/mol. The molecule has 33 heavy (non-hydrogen) atoms. The average Bonchev–Trinajstić information content (AvgIpc) is 3.06. The number of rotatable bonds is 8. The zero-order chi connectivity index (χ0) is 24.3. The van der Waals surface area contributed by atoms with Crippen molar-refractivity contribution in [3.8, 4) is 11.5 Å². The molecular weight excluding hydrogens is 560 g/mol. The van der Waals surface area contributed by atoms with Crippen LogP contribution in [-0.4, -0.2) is 51.4 Å². The lowest BCUT2D eigenvalue weighted by molar-refractivity contribution is -0.139. The summed E-state index contributed by atoms with van der Waals surface area (Å²) in [5.41, 5.74) is 2.03. The lowest BCUT2D eigenvalue weighted by atomic mass is 10.2. The molecule has 0 saturated carbocycles. The highest BCUT2D eigenvalue weighted by Crippen LogP contribution is 2.40. The number of amides is 2. The second-order valence-electron chi connectivity index (χ2n) is 7.38. The molecule has 2 aromatic carbocycles. The lowest BCUT2D eigenvalue weighted by Gasteiger charge is -2.13. The summed E-state index contributed by atoms with van der Waals surface area (Å²) in [5, 5.41) is 11.3. The Morgan fingerprint density at radius 1 is 1.15 bits per heavy atom. The number of carbonyl (C=O) groups excluding carboxylic acids is 2. The minimum atomic E-state index is -1.21. The van der Waals surface area contributed by atoms with Crippen LogP contribution in [0, 0.1) is 0 Å². The number of fused-ring (bicyclic) bond motifs is 1. The fourth-order valence-electron chi connectivity index (χ4n) is 3.19. The summed E-state index contributed by atoms with van der Waals surface area (Å²) in [4.78, 5) is 40.7. The highest BCUT2D eigenvalue weighted by Gasteiger charge is 2.17. The largest absolute Gasteiger partial charge is 0.481 e. The van der Waals surface area contributed by atoms with Crippen molar-refractivity contribution in [1.29, 1.82) is 0 Å². The van der Waals surface area contributed by atoms with Gasteiger partial charge in [-0.05, 0) is 63.0 Å². The number of anilines is 1. The maximum Gasteiger partial charge on any atom is 0.312 e. The Kier molecular flexibility index (Phi) is 7.75. The van der Waals surface area contributed by atoms with Crippen molar-refractivity contribution >= 4 is 66.4 Å². The molecule has 2 N–H and O–H groups in total. The van der Waals surface area contributed by atoms with Crippen LogP contribution in [0.15, 0.2) is 39.3 Å². The first kappa shape index (κ1) is 24.7. The average molecular weight is 582 g/mol. The molecule has 9 nitrogen and oxygen atoms in total. The molecule has 0 saturated heterocycles. The Balaban J connectivity index is 1.87. The molecule has 0 aliphatic heterocycles. The molecule has 0 aliphatic carbocycles. The van der Waals surface area contributed by atoms with Crippen molar-refractivity contribution in [2.75, 3.05) is 19.4 Å². The molecule has 3 rings (SSSR count). The van der Waals surface area contributed by atoms with Crippen LogP contribution in [0.4, 0.5) is 5.69 Å². The number of halogens is 2. The van der Waals surface area contributed by atoms with Crippen molar-refractivity contribution < 1.29 is 24.2 Å². The second kappa shape index (κ2) is 10.3. The van der Waals surface area contributed by atoms with Gasteiger partial charge in [-0.3, -0.25) is 14.4 Å². The van der Waals surface area contributed by atoms with Gasteiger partial charge in [-0.25, -0.2) is 4.98 Å². The fraction of sp³-hybridized carbons (Fsp3) is 0.273. The third-order valence-electron chi connectivity index (χ3n) is 4.74. The van der Waals surface area contributed by atoms with Gasteiger partial charge in [0.15, 0.2) is 5.75 Å². The molecule has 3 aromatic rings. The highest BCUT2D eigenvalue weighted by atomic mass is 79.9. The number of hydrogen-bond acceptors (Lipinski definition) is 5. The molecule has 174 valence electrons. The highest BCUT2D eigenvalue weighted by molar-refractivity contribution is 9.11. The first-order valence-electron chi connectivity index (χ1n) is 9.96. The molecule has 0 fully saturated rings. The summed E-state index contributed by atoms with van der Waals surface area (Å²) < 4.78 is 9.18. The molecule has 0 radical (unpaired) electrons. The van der Waals surface area contributed by atoms with Crippen LogP contribution in [0.1, 0.15) is 19.2 Å². The summed E-state index contributed by atoms with van der Waals surface area (Å²) in [6.07, 6.45) is -0.418. The fourth-order valence-corrected chi connectivity index (χ4v) is 4.54. The van der Waals surface area contributed by atoms with Gasteiger partial charge >= 0.3 is 5.97 Å². The number of imidazole rings is 1. The Morgan fingerprint density at radius 3 is 2.39 bits per heavy atom. The molecule has 0 atom stereocenters. The van der Waals surface area contributed by atoms with Crippen LogP contribution in [0.25, 0.3) is 11.0 Å². The third kappa shape index (κ3) is 5.91. The first-order valence-corrected chi connectivity index (χ1v) is 11.6. The van der Waals surface area contributed by atoms with Crippen LogP contribution < -0.4 is 10.1 Å². The molecule has 1 heterocycles. The van der Waals surface area contributed by atoms with E-state index in [2.05, 4.69) is 42.2 Å². The zero-order valence-corrected chi connectivity index (χ0v) is 21.4. The van der Waals surface area contributed by atoms with E-state index in [-0.39, 0.29) is 12.3 Å². The van der Waals surface area contributed by atoms with E-state index in [1.165, 1.54) is 4.90 Å². The number of carboxylic acid groups (broad SMARTS) is 1. The molecule has 0 unspecified atom stereocenters. The van der Waals surface area contributed by atoms with Crippen LogP contribution >= 0.6 is 31.9 Å². The normalized spacial score (nSPS) is 10.8. The maximum absolute atomic E-state index is 12.2. The number of ether oxygens (including phenoxy) is 1. The first-order chi connectivity index (χ1) is 15.6. The van der Waals surface area contributed by atoms with Gasteiger partial charge in [-0.15, -0.1) is 0 Å². The molecule has 0 spiro atoms. The van der Waals surface area contributed by atoms with Gasteiger partial charge in [-0.1, -0.05) is 0 Å². The number of hydrogen-bond donors (Lipinski definition) is 2. The number of carbonyl (C=O) groups is 3. The number of nitrogens with one attached hydrogen (secondary N) is 1. The smallest absolute Gasteiger partial charge is 0.312 e. The summed E-state index contributed by atoms with van der Waals surface area (Å²) in [5.74, 6) is -0.131. The van der Waals surface area contributed by atoms with E-state index < -0.39 is 18.3 Å². The SMILES string of the molecule is CCn1c(CC(=O)N(C)C)nc2ccc(Oc3c(Br)cc(NC(=O)CC(=O)O)cc3Br)cc21. The number of nitrogens with zero attached hydrogens (tertiary/aromatic N) is 3. The van der Waals surface area contributed by atoms with E-state index in [0.29, 0.717) is 38.5 Å². The number of benzene rings is 2. The zero-order valence-electron chi connectivity index (χ0n) is 18.2. The summed E-state index contributed by atoms with van der Waals surface area (Å²) >= 11 is 6.87. The Morgan fingerprint density at radius 2 is 1.82 bits per heavy atom. The summed E-state index contributed by atoms with van der Waals surface area (Å²) in [7, 11) is 3.43. The second-order valence-corrected chi connectivity index (χ2v) is 9.09. The van der Waals surface area contributed by atoms with Crippen LogP contribution in [0.2, 0.25) is 0 Å². The van der Waals surface area contributed by atoms with Gasteiger partial charge in [0.1, 0.15) is 18.0 Å². The van der Waals surface area contributed by atoms with Crippen LogP contribution in [0.3, 0.4) is 0 Å². The van der Waals surface area contributed by atoms with Crippen LogP contribution in [0.5, 0.6) is 11.5 Å². The minimum absolute atomic E-state index is 0.0279. The topological polar surface area (TPSA) is 114 Å². The van der Waals surface area contributed by atoms with Crippen molar-refractivity contribution in [1.82, 2.24) is 14.5 Å². The van der Waals surface area contributed by atoms with E-state index in [1.54, 1.807) is 32.3 Å². The van der Waals surface area contributed by atoms with E-state index in [4.69, 9.17) is 9.84 Å². The maximum atomic E-state index is 12.2. The Hall–Kier alpha value is -2.92. The molecule has 0 bridgehead atoms. The molecular formula is C22H22Br2N4O5. The minimum Gasteiger partial charge on any atom is -0.481 e. The molecule has 0 aliphatic rings. The van der Waals surface area contributed by atoms with E-state index in [9.17, 15) is 14.4 Å². The summed E-state index contributed by atoms with van der Waals surface area (Å²) in [6, 6.07) is 8.73. The number of carboxylic acids is 1. The van der Waals surface area contributed by atoms with Gasteiger partial charge in [-0.2, -0.15) is 0 Å². The van der Waals surface area contributed by atoms with Gasteiger partial charge in [0.05, 0.1) is 26.4 Å². The molecule has 11 heteroatoms.